The number of nitrogens with zero attached hydrogens (tertiary/aromatic N) is 4. The second kappa shape index (κ2) is 9.40. The smallest absolute Gasteiger partial charge is 0.246 e. The van der Waals surface area contributed by atoms with Crippen molar-refractivity contribution in [1.29, 1.82) is 0 Å². The molecule has 1 N–H and O–H groups in total. The second-order valence-corrected chi connectivity index (χ2v) is 10.3. The summed E-state index contributed by atoms with van der Waals surface area (Å²) in [4.78, 5) is 16.9. The number of carbonyl (C=O) groups excluding carboxylic acids is 1. The molecule has 1 aliphatic rings. The van der Waals surface area contributed by atoms with Crippen LogP contribution in [0.5, 0.6) is 0 Å². The molecule has 3 aromatic rings. The van der Waals surface area contributed by atoms with E-state index in [1.807, 2.05) is 27.8 Å². The first kappa shape index (κ1) is 24.2. The zero-order valence-corrected chi connectivity index (χ0v) is 20.5. The quantitative estimate of drug-likeness (QED) is 0.571. The Bertz CT molecular complexity index is 1360. The molecular formula is C23H28FN5O4S. The third-order valence-corrected chi connectivity index (χ3v) is 8.05. The van der Waals surface area contributed by atoms with E-state index in [-0.39, 0.29) is 44.3 Å². The fourth-order valence-corrected chi connectivity index (χ4v) is 5.90. The predicted octanol–water partition coefficient (Wildman–Crippen LogP) is 2.62. The van der Waals surface area contributed by atoms with E-state index in [1.54, 1.807) is 4.68 Å². The van der Waals surface area contributed by atoms with Crippen LogP contribution in [0.15, 0.2) is 23.1 Å². The molecule has 3 heterocycles. The number of hydrogen-bond acceptors (Lipinski definition) is 6. The Kier molecular flexibility index (Phi) is 6.70. The summed E-state index contributed by atoms with van der Waals surface area (Å²) in [6, 6.07) is 3.58. The Labute approximate surface area is 198 Å². The fraction of sp³-hybridized carbons (Fsp3) is 0.435. The van der Waals surface area contributed by atoms with Gasteiger partial charge in [0.1, 0.15) is 10.7 Å². The highest BCUT2D eigenvalue weighted by Crippen LogP contribution is 2.27. The number of pyridine rings is 1. The number of carbonyl (C=O) groups is 1. The van der Waals surface area contributed by atoms with Gasteiger partial charge in [0.05, 0.1) is 18.9 Å². The molecule has 182 valence electrons. The van der Waals surface area contributed by atoms with Crippen LogP contribution in [0.1, 0.15) is 28.9 Å². The van der Waals surface area contributed by atoms with E-state index in [9.17, 15) is 17.6 Å². The number of halogens is 1. The lowest BCUT2D eigenvalue weighted by molar-refractivity contribution is -0.116. The van der Waals surface area contributed by atoms with Gasteiger partial charge in [-0.15, -0.1) is 0 Å². The minimum atomic E-state index is -4.03. The summed E-state index contributed by atoms with van der Waals surface area (Å²) < 4.78 is 48.3. The molecule has 1 amide bonds. The number of hydrogen-bond donors (Lipinski definition) is 1. The fourth-order valence-electron chi connectivity index (χ4n) is 4.40. The van der Waals surface area contributed by atoms with Crippen LogP contribution in [0, 0.1) is 26.6 Å². The number of anilines is 1. The summed E-state index contributed by atoms with van der Waals surface area (Å²) in [6.07, 6.45) is 0.623. The number of aromatic nitrogens is 3. The van der Waals surface area contributed by atoms with Gasteiger partial charge in [-0.2, -0.15) is 9.40 Å². The summed E-state index contributed by atoms with van der Waals surface area (Å²) in [7, 11) is -2.18. The highest BCUT2D eigenvalue weighted by molar-refractivity contribution is 7.89. The van der Waals surface area contributed by atoms with E-state index >= 15 is 0 Å². The average molecular weight is 490 g/mol. The lowest BCUT2D eigenvalue weighted by Crippen LogP contribution is -2.40. The molecule has 0 spiro atoms. The molecule has 34 heavy (non-hydrogen) atoms. The van der Waals surface area contributed by atoms with Crippen LogP contribution in [0.4, 0.5) is 10.1 Å². The number of benzene rings is 1. The van der Waals surface area contributed by atoms with Gasteiger partial charge in [0.25, 0.3) is 0 Å². The molecule has 2 aromatic heterocycles. The van der Waals surface area contributed by atoms with E-state index in [2.05, 4.69) is 15.4 Å². The summed E-state index contributed by atoms with van der Waals surface area (Å²) in [5.41, 5.74) is 4.77. The van der Waals surface area contributed by atoms with Gasteiger partial charge in [-0.1, -0.05) is 0 Å². The number of amides is 1. The van der Waals surface area contributed by atoms with Crippen LogP contribution in [0.2, 0.25) is 0 Å². The zero-order valence-electron chi connectivity index (χ0n) is 19.7. The minimum Gasteiger partial charge on any atom is -0.379 e. The van der Waals surface area contributed by atoms with Gasteiger partial charge in [0.15, 0.2) is 5.65 Å². The number of fused-ring (bicyclic) bond motifs is 1. The number of morpholine rings is 1. The van der Waals surface area contributed by atoms with Gasteiger partial charge in [-0.3, -0.25) is 9.48 Å². The number of ether oxygens (including phenoxy) is 1. The molecule has 0 aliphatic carbocycles. The van der Waals surface area contributed by atoms with E-state index in [1.165, 1.54) is 16.4 Å². The van der Waals surface area contributed by atoms with Crippen molar-refractivity contribution in [3.63, 3.8) is 0 Å². The Morgan fingerprint density at radius 2 is 1.88 bits per heavy atom. The molecule has 9 nitrogen and oxygen atoms in total. The number of aryl methyl sites for hydroxylation is 4. The molecule has 1 aromatic carbocycles. The minimum absolute atomic E-state index is 0.159. The number of rotatable bonds is 6. The van der Waals surface area contributed by atoms with Crippen molar-refractivity contribution in [3.8, 4) is 0 Å². The topological polar surface area (TPSA) is 106 Å². The van der Waals surface area contributed by atoms with Crippen molar-refractivity contribution in [2.75, 3.05) is 31.6 Å². The zero-order chi connectivity index (χ0) is 24.6. The lowest BCUT2D eigenvalue weighted by atomic mass is 9.99. The Balaban J connectivity index is 1.50. The Morgan fingerprint density at radius 3 is 2.59 bits per heavy atom. The van der Waals surface area contributed by atoms with Gasteiger partial charge in [0, 0.05) is 43.3 Å². The standard InChI is InChI=1S/C23H28FN5O4S/c1-14-18(15(2)25-23-22(14)16(3)27-28(23)4)6-8-21(30)26-17-5-7-19(24)20(13-17)34(31,32)29-9-11-33-12-10-29/h5,7,13H,6,8-12H2,1-4H3,(H,26,30). The van der Waals surface area contributed by atoms with Crippen molar-refractivity contribution in [1.82, 2.24) is 19.1 Å². The molecule has 0 saturated carbocycles. The molecule has 1 fully saturated rings. The maximum absolute atomic E-state index is 14.4. The summed E-state index contributed by atoms with van der Waals surface area (Å²) in [5, 5.41) is 8.12. The molecule has 0 bridgehead atoms. The molecule has 1 aliphatic heterocycles. The van der Waals surface area contributed by atoms with Crippen LogP contribution < -0.4 is 5.32 Å². The maximum Gasteiger partial charge on any atom is 0.246 e. The third-order valence-electron chi connectivity index (χ3n) is 6.13. The molecule has 11 heteroatoms. The number of sulfonamides is 1. The molecule has 4 rings (SSSR count). The highest BCUT2D eigenvalue weighted by Gasteiger charge is 2.29. The predicted molar refractivity (Wildman–Crippen MR) is 126 cm³/mol. The first-order chi connectivity index (χ1) is 16.1. The van der Waals surface area contributed by atoms with Crippen molar-refractivity contribution >= 4 is 32.7 Å². The molecule has 0 radical (unpaired) electrons. The largest absolute Gasteiger partial charge is 0.379 e. The van der Waals surface area contributed by atoms with E-state index in [0.29, 0.717) is 6.42 Å². The first-order valence-electron chi connectivity index (χ1n) is 11.1. The van der Waals surface area contributed by atoms with Gasteiger partial charge in [0.2, 0.25) is 15.9 Å². The van der Waals surface area contributed by atoms with Crippen LogP contribution in [0.25, 0.3) is 11.0 Å². The summed E-state index contributed by atoms with van der Waals surface area (Å²) in [5.74, 6) is -1.16. The first-order valence-corrected chi connectivity index (χ1v) is 12.5. The highest BCUT2D eigenvalue weighted by atomic mass is 32.2. The molecular weight excluding hydrogens is 461 g/mol. The van der Waals surface area contributed by atoms with Crippen molar-refractivity contribution < 1.29 is 22.3 Å². The normalized spacial score (nSPS) is 15.1. The van der Waals surface area contributed by atoms with Gasteiger partial charge < -0.3 is 10.1 Å². The van der Waals surface area contributed by atoms with Gasteiger partial charge in [-0.25, -0.2) is 17.8 Å². The SMILES string of the molecule is Cc1nc2c(c(C)nn2C)c(C)c1CCC(=O)Nc1ccc(F)c(S(=O)(=O)N2CCOCC2)c1. The number of nitrogens with one attached hydrogen (secondary N) is 1. The van der Waals surface area contributed by atoms with Crippen LogP contribution in [0.3, 0.4) is 0 Å². The van der Waals surface area contributed by atoms with Gasteiger partial charge >= 0.3 is 0 Å². The van der Waals surface area contributed by atoms with E-state index < -0.39 is 20.7 Å². The van der Waals surface area contributed by atoms with Crippen LogP contribution in [-0.2, 0) is 33.0 Å². The molecule has 1 saturated heterocycles. The Morgan fingerprint density at radius 1 is 1.18 bits per heavy atom. The average Bonchev–Trinajstić information content (AvgIpc) is 3.08. The van der Waals surface area contributed by atoms with Crippen LogP contribution in [-0.4, -0.2) is 59.7 Å². The summed E-state index contributed by atoms with van der Waals surface area (Å²) in [6.45, 7) is 6.68. The van der Waals surface area contributed by atoms with E-state index in [0.717, 1.165) is 39.6 Å². The van der Waals surface area contributed by atoms with Crippen molar-refractivity contribution in [3.05, 3.63) is 46.5 Å². The third kappa shape index (κ3) is 4.55. The Hall–Kier alpha value is -2.89. The van der Waals surface area contributed by atoms with Crippen molar-refractivity contribution in [2.45, 2.75) is 38.5 Å². The lowest BCUT2D eigenvalue weighted by Gasteiger charge is -2.26. The summed E-state index contributed by atoms with van der Waals surface area (Å²) >= 11 is 0. The maximum atomic E-state index is 14.4. The van der Waals surface area contributed by atoms with Crippen LogP contribution >= 0.6 is 0 Å². The van der Waals surface area contributed by atoms with E-state index in [4.69, 9.17) is 4.74 Å². The second-order valence-electron chi connectivity index (χ2n) is 8.42. The van der Waals surface area contributed by atoms with Gasteiger partial charge in [-0.05, 0) is 56.5 Å². The monoisotopic (exact) mass is 489 g/mol. The molecule has 0 unspecified atom stereocenters. The van der Waals surface area contributed by atoms with Crippen molar-refractivity contribution in [2.24, 2.45) is 7.05 Å². The molecule has 0 atom stereocenters.